The van der Waals surface area contributed by atoms with E-state index in [1.807, 2.05) is 71.8 Å². The highest BCUT2D eigenvalue weighted by Crippen LogP contribution is 2.59. The van der Waals surface area contributed by atoms with Gasteiger partial charge in [-0.3, -0.25) is 14.4 Å². The van der Waals surface area contributed by atoms with Gasteiger partial charge in [0.2, 0.25) is 5.91 Å². The number of hydrogen-bond acceptors (Lipinski definition) is 6. The van der Waals surface area contributed by atoms with Gasteiger partial charge in [0, 0.05) is 22.5 Å². The van der Waals surface area contributed by atoms with E-state index >= 15 is 0 Å². The maximum absolute atomic E-state index is 14.7. The number of hydrogen-bond donors (Lipinski definition) is 1. The van der Waals surface area contributed by atoms with Crippen LogP contribution in [0.5, 0.6) is 5.75 Å². The summed E-state index contributed by atoms with van der Waals surface area (Å²) in [7, 11) is 1.58. The molecule has 7 rings (SSSR count). The summed E-state index contributed by atoms with van der Waals surface area (Å²) in [5, 5.41) is 4.93. The number of ether oxygens (including phenoxy) is 1. The van der Waals surface area contributed by atoms with Gasteiger partial charge < -0.3 is 15.0 Å². The second-order valence-corrected chi connectivity index (χ2v) is 11.4. The van der Waals surface area contributed by atoms with Gasteiger partial charge in [0.15, 0.2) is 11.6 Å². The topological polar surface area (TPSA) is 75.7 Å². The Morgan fingerprint density at radius 1 is 0.925 bits per heavy atom. The van der Waals surface area contributed by atoms with Crippen LogP contribution in [0.4, 0.5) is 11.4 Å². The molecule has 4 atom stereocenters. The van der Waals surface area contributed by atoms with Crippen molar-refractivity contribution in [1.29, 1.82) is 0 Å². The predicted molar refractivity (Wildman–Crippen MR) is 156 cm³/mol. The van der Waals surface area contributed by atoms with Gasteiger partial charge in [-0.25, -0.2) is 0 Å². The minimum atomic E-state index is -1.31. The average Bonchev–Trinajstić information content (AvgIpc) is 3.70. The fourth-order valence-electron chi connectivity index (χ4n) is 6.89. The zero-order valence-corrected chi connectivity index (χ0v) is 22.8. The standard InChI is InChI=1S/C33H26N2O4S/c1-19-18-27-33(23-9-4-5-10-24(23)34-32(33)38)28(31(37)26-12-7-17-40-26)29(35(27)25-11-6-3-8-22(19)25)30(36)20-13-15-21(39-2)16-14-20/h3-18,27-29H,1-2H3,(H,34,38)/t27-,28-,29+,33-/m1/s1. The first-order chi connectivity index (χ1) is 19.5. The summed E-state index contributed by atoms with van der Waals surface area (Å²) in [6, 6.07) is 24.6. The number of rotatable bonds is 5. The Labute approximate surface area is 235 Å². The molecule has 3 aliphatic heterocycles. The second kappa shape index (κ2) is 9.03. The van der Waals surface area contributed by atoms with Crippen molar-refractivity contribution in [2.45, 2.75) is 24.4 Å². The normalized spacial score (nSPS) is 24.1. The van der Waals surface area contributed by atoms with E-state index in [1.54, 1.807) is 37.4 Å². The first kappa shape index (κ1) is 24.5. The summed E-state index contributed by atoms with van der Waals surface area (Å²) in [5.74, 6) is -1.00. The first-order valence-corrected chi connectivity index (χ1v) is 14.1. The van der Waals surface area contributed by atoms with Gasteiger partial charge in [0.1, 0.15) is 17.2 Å². The number of para-hydroxylation sites is 2. The summed E-state index contributed by atoms with van der Waals surface area (Å²) in [4.78, 5) is 46.2. The molecule has 0 unspecified atom stereocenters. The highest BCUT2D eigenvalue weighted by atomic mass is 32.1. The Morgan fingerprint density at radius 3 is 2.42 bits per heavy atom. The maximum atomic E-state index is 14.7. The van der Waals surface area contributed by atoms with Gasteiger partial charge in [-0.2, -0.15) is 0 Å². The van der Waals surface area contributed by atoms with Gasteiger partial charge in [-0.1, -0.05) is 48.5 Å². The molecule has 1 N–H and O–H groups in total. The number of nitrogens with zero attached hydrogens (tertiary/aromatic N) is 1. The average molecular weight is 547 g/mol. The van der Waals surface area contributed by atoms with Crippen LogP contribution < -0.4 is 15.0 Å². The highest BCUT2D eigenvalue weighted by Gasteiger charge is 2.70. The number of nitrogens with one attached hydrogen (secondary N) is 1. The van der Waals surface area contributed by atoms with Crippen molar-refractivity contribution in [3.8, 4) is 5.75 Å². The number of anilines is 2. The largest absolute Gasteiger partial charge is 0.497 e. The number of benzene rings is 3. The zero-order chi connectivity index (χ0) is 27.6. The Hall–Kier alpha value is -4.49. The van der Waals surface area contributed by atoms with E-state index in [4.69, 9.17) is 4.74 Å². The molecule has 4 heterocycles. The number of carbonyl (C=O) groups is 3. The maximum Gasteiger partial charge on any atom is 0.238 e. The Balaban J connectivity index is 1.54. The molecule has 3 aromatic carbocycles. The monoisotopic (exact) mass is 546 g/mol. The number of amides is 1. The van der Waals surface area contributed by atoms with Crippen LogP contribution in [-0.2, 0) is 10.2 Å². The molecule has 6 nitrogen and oxygen atoms in total. The molecule has 0 saturated carbocycles. The van der Waals surface area contributed by atoms with Crippen LogP contribution in [0.25, 0.3) is 5.57 Å². The number of fused-ring (bicyclic) bond motifs is 6. The fraction of sp³-hybridized carbons (Fsp3) is 0.182. The van der Waals surface area contributed by atoms with Crippen LogP contribution in [0.2, 0.25) is 0 Å². The lowest BCUT2D eigenvalue weighted by atomic mass is 9.64. The quantitative estimate of drug-likeness (QED) is 0.311. The molecule has 40 heavy (non-hydrogen) atoms. The number of Topliss-reactive ketones (excluding diaryl/α,β-unsaturated/α-hetero) is 2. The minimum absolute atomic E-state index is 0.202. The Morgan fingerprint density at radius 2 is 1.68 bits per heavy atom. The van der Waals surface area contributed by atoms with E-state index < -0.39 is 23.4 Å². The van der Waals surface area contributed by atoms with Crippen LogP contribution in [0.15, 0.2) is 96.4 Å². The van der Waals surface area contributed by atoms with Crippen molar-refractivity contribution >= 4 is 45.8 Å². The van der Waals surface area contributed by atoms with Crippen LogP contribution in [0.1, 0.15) is 38.1 Å². The summed E-state index contributed by atoms with van der Waals surface area (Å²) in [5.41, 5.74) is 3.42. The molecule has 7 heteroatoms. The molecule has 0 radical (unpaired) electrons. The number of carbonyl (C=O) groups excluding carboxylic acids is 3. The Bertz CT molecular complexity index is 1710. The SMILES string of the molecule is COc1ccc(C(=O)[C@@H]2[C@H](C(=O)c3cccs3)[C@]3(C(=O)Nc4ccccc43)[C@H]3C=C(C)c4ccccc4N23)cc1. The lowest BCUT2D eigenvalue weighted by Gasteiger charge is -2.39. The molecule has 1 fully saturated rings. The summed E-state index contributed by atoms with van der Waals surface area (Å²) in [6.07, 6.45) is 2.07. The number of allylic oxidation sites excluding steroid dienone is 1. The van der Waals surface area contributed by atoms with E-state index in [-0.39, 0.29) is 17.5 Å². The fourth-order valence-corrected chi connectivity index (χ4v) is 7.59. The molecule has 198 valence electrons. The molecule has 1 spiro atoms. The molecule has 1 aromatic heterocycles. The summed E-state index contributed by atoms with van der Waals surface area (Å²) >= 11 is 1.33. The molecule has 1 amide bonds. The first-order valence-electron chi connectivity index (χ1n) is 13.2. The van der Waals surface area contributed by atoms with Gasteiger partial charge in [0.05, 0.1) is 23.9 Å². The second-order valence-electron chi connectivity index (χ2n) is 10.4. The van der Waals surface area contributed by atoms with Gasteiger partial charge >= 0.3 is 0 Å². The molecule has 0 aliphatic carbocycles. The number of thiophene rings is 1. The van der Waals surface area contributed by atoms with Crippen molar-refractivity contribution in [2.24, 2.45) is 5.92 Å². The molecule has 0 bridgehead atoms. The molecule has 3 aliphatic rings. The third-order valence-corrected chi connectivity index (χ3v) is 9.46. The summed E-state index contributed by atoms with van der Waals surface area (Å²) < 4.78 is 5.32. The molecule has 4 aromatic rings. The smallest absolute Gasteiger partial charge is 0.238 e. The van der Waals surface area contributed by atoms with Crippen molar-refractivity contribution < 1.29 is 19.1 Å². The van der Waals surface area contributed by atoms with Crippen molar-refractivity contribution in [1.82, 2.24) is 0 Å². The molecular formula is C33H26N2O4S. The van der Waals surface area contributed by atoms with Crippen molar-refractivity contribution in [3.63, 3.8) is 0 Å². The van der Waals surface area contributed by atoms with Crippen LogP contribution in [0.3, 0.4) is 0 Å². The lowest BCUT2D eigenvalue weighted by molar-refractivity contribution is -0.121. The van der Waals surface area contributed by atoms with E-state index in [0.717, 1.165) is 22.4 Å². The van der Waals surface area contributed by atoms with Gasteiger partial charge in [-0.05, 0) is 65.9 Å². The van der Waals surface area contributed by atoms with E-state index in [0.29, 0.717) is 21.9 Å². The Kier molecular flexibility index (Phi) is 5.54. The van der Waals surface area contributed by atoms with E-state index in [2.05, 4.69) is 11.4 Å². The van der Waals surface area contributed by atoms with Crippen LogP contribution in [0, 0.1) is 5.92 Å². The molecule has 1 saturated heterocycles. The third-order valence-electron chi connectivity index (χ3n) is 8.57. The van der Waals surface area contributed by atoms with Crippen molar-refractivity contribution in [2.75, 3.05) is 17.3 Å². The van der Waals surface area contributed by atoms with Gasteiger partial charge in [-0.15, -0.1) is 11.3 Å². The number of methoxy groups -OCH3 is 1. The minimum Gasteiger partial charge on any atom is -0.497 e. The summed E-state index contributed by atoms with van der Waals surface area (Å²) in [6.45, 7) is 2.03. The van der Waals surface area contributed by atoms with Crippen molar-refractivity contribution in [3.05, 3.63) is 118 Å². The zero-order valence-electron chi connectivity index (χ0n) is 22.0. The van der Waals surface area contributed by atoms with E-state index in [1.165, 1.54) is 11.3 Å². The molecular weight excluding hydrogens is 520 g/mol. The van der Waals surface area contributed by atoms with Crippen LogP contribution >= 0.6 is 11.3 Å². The predicted octanol–water partition coefficient (Wildman–Crippen LogP) is 6.00. The lowest BCUT2D eigenvalue weighted by Crippen LogP contribution is -2.51. The highest BCUT2D eigenvalue weighted by molar-refractivity contribution is 7.12. The third kappa shape index (κ3) is 3.24. The van der Waals surface area contributed by atoms with E-state index in [9.17, 15) is 14.4 Å². The van der Waals surface area contributed by atoms with Crippen LogP contribution in [-0.4, -0.2) is 36.7 Å². The number of ketones is 2. The van der Waals surface area contributed by atoms with Gasteiger partial charge in [0.25, 0.3) is 0 Å².